The van der Waals surface area contributed by atoms with Crippen LogP contribution in [0.3, 0.4) is 0 Å². The lowest BCUT2D eigenvalue weighted by Crippen LogP contribution is -2.17. The Morgan fingerprint density at radius 2 is 1.32 bits per heavy atom. The Morgan fingerprint density at radius 1 is 0.893 bits per heavy atom. The summed E-state index contributed by atoms with van der Waals surface area (Å²) in [5.74, 6) is 11.5. The van der Waals surface area contributed by atoms with Crippen molar-refractivity contribution in [2.24, 2.45) is 11.8 Å². The molecule has 0 amide bonds. The molecule has 2 aliphatic heterocycles. The topological polar surface area (TPSA) is 65.5 Å². The highest BCUT2D eigenvalue weighted by molar-refractivity contribution is 5.76. The molecule has 5 nitrogen and oxygen atoms in total. The van der Waals surface area contributed by atoms with E-state index >= 15 is 0 Å². The van der Waals surface area contributed by atoms with Crippen LogP contribution in [0.15, 0.2) is 18.5 Å². The van der Waals surface area contributed by atoms with E-state index in [1.807, 2.05) is 33.8 Å². The molecule has 3 heterocycles. The third kappa shape index (κ3) is 5.14. The Hall–Kier alpha value is -2.79. The van der Waals surface area contributed by atoms with Crippen molar-refractivity contribution in [3.8, 4) is 23.7 Å². The zero-order valence-corrected chi connectivity index (χ0v) is 16.8. The van der Waals surface area contributed by atoms with Crippen LogP contribution in [0.2, 0.25) is 0 Å². The van der Waals surface area contributed by atoms with Crippen molar-refractivity contribution < 1.29 is 19.1 Å². The molecular formula is C23H25NO4. The zero-order chi connectivity index (χ0) is 20.4. The summed E-state index contributed by atoms with van der Waals surface area (Å²) >= 11 is 0. The molecule has 146 valence electrons. The fraction of sp³-hybridized carbons (Fsp3) is 0.522. The molecule has 5 heteroatoms. The number of nitrogens with zero attached hydrogens (tertiary/aromatic N) is 1. The monoisotopic (exact) mass is 379 g/mol. The molecule has 0 bridgehead atoms. The third-order valence-electron chi connectivity index (χ3n) is 4.80. The largest absolute Gasteiger partial charge is 0.459 e. The number of rotatable bonds is 2. The van der Waals surface area contributed by atoms with Gasteiger partial charge in [0.2, 0.25) is 0 Å². The molecule has 1 aromatic heterocycles. The van der Waals surface area contributed by atoms with E-state index in [-0.39, 0.29) is 23.8 Å². The van der Waals surface area contributed by atoms with Gasteiger partial charge in [0.05, 0.1) is 11.8 Å². The molecule has 0 aliphatic carbocycles. The van der Waals surface area contributed by atoms with E-state index in [1.165, 1.54) is 0 Å². The van der Waals surface area contributed by atoms with Crippen molar-refractivity contribution >= 4 is 11.9 Å². The molecule has 0 radical (unpaired) electrons. The number of hydrogen-bond acceptors (Lipinski definition) is 5. The van der Waals surface area contributed by atoms with Gasteiger partial charge in [-0.25, -0.2) is 0 Å². The van der Waals surface area contributed by atoms with E-state index in [4.69, 9.17) is 9.47 Å². The number of carbonyl (C=O) groups excluding carboxylic acids is 2. The average Bonchev–Trinajstić information content (AvgIpc) is 3.00. The van der Waals surface area contributed by atoms with Gasteiger partial charge in [0.25, 0.3) is 0 Å². The molecule has 28 heavy (non-hydrogen) atoms. The number of carbonyl (C=O) groups is 2. The lowest BCUT2D eigenvalue weighted by molar-refractivity contribution is -0.149. The highest BCUT2D eigenvalue weighted by atomic mass is 16.6. The van der Waals surface area contributed by atoms with Gasteiger partial charge in [0, 0.05) is 49.2 Å². The van der Waals surface area contributed by atoms with E-state index < -0.39 is 11.2 Å². The minimum absolute atomic E-state index is 0.172. The predicted molar refractivity (Wildman–Crippen MR) is 104 cm³/mol. The second kappa shape index (κ2) is 7.68. The van der Waals surface area contributed by atoms with Crippen LogP contribution in [0.25, 0.3) is 0 Å². The van der Waals surface area contributed by atoms with Gasteiger partial charge in [-0.15, -0.1) is 0 Å². The van der Waals surface area contributed by atoms with Gasteiger partial charge in [-0.2, -0.15) is 0 Å². The summed E-state index contributed by atoms with van der Waals surface area (Å²) in [4.78, 5) is 27.8. The highest BCUT2D eigenvalue weighted by Gasteiger charge is 2.40. The maximum absolute atomic E-state index is 11.8. The first-order valence-corrected chi connectivity index (χ1v) is 9.52. The van der Waals surface area contributed by atoms with Crippen LogP contribution in [-0.4, -0.2) is 28.1 Å². The second-order valence-electron chi connectivity index (χ2n) is 8.64. The standard InChI is InChI=1S/C23H25NO4/c1-22(2)12-18(20(25)27-22)9-5-7-16-11-17(15-24-14-16)8-6-10-19-13-23(3,4)28-21(19)26/h11,14-15,18-19H,9-10,12-13H2,1-4H3. The molecule has 1 aromatic rings. The van der Waals surface area contributed by atoms with Crippen LogP contribution in [0.5, 0.6) is 0 Å². The molecule has 2 saturated heterocycles. The van der Waals surface area contributed by atoms with Crippen LogP contribution in [-0.2, 0) is 19.1 Å². The van der Waals surface area contributed by atoms with Crippen molar-refractivity contribution in [1.82, 2.24) is 4.98 Å². The number of ether oxygens (including phenoxy) is 2. The summed E-state index contributed by atoms with van der Waals surface area (Å²) in [6, 6.07) is 1.86. The smallest absolute Gasteiger partial charge is 0.310 e. The summed E-state index contributed by atoms with van der Waals surface area (Å²) in [7, 11) is 0. The van der Waals surface area contributed by atoms with Gasteiger partial charge in [-0.3, -0.25) is 14.6 Å². The van der Waals surface area contributed by atoms with Crippen LogP contribution in [0.1, 0.15) is 64.5 Å². The van der Waals surface area contributed by atoms with Gasteiger partial charge < -0.3 is 9.47 Å². The van der Waals surface area contributed by atoms with E-state index in [2.05, 4.69) is 28.7 Å². The normalized spacial score (nSPS) is 24.4. The molecule has 2 atom stereocenters. The Balaban J connectivity index is 1.58. The van der Waals surface area contributed by atoms with Crippen molar-refractivity contribution in [2.75, 3.05) is 0 Å². The van der Waals surface area contributed by atoms with Crippen LogP contribution >= 0.6 is 0 Å². The Morgan fingerprint density at radius 3 is 1.68 bits per heavy atom. The third-order valence-corrected chi connectivity index (χ3v) is 4.80. The van der Waals surface area contributed by atoms with E-state index in [9.17, 15) is 9.59 Å². The second-order valence-corrected chi connectivity index (χ2v) is 8.64. The minimum Gasteiger partial charge on any atom is -0.459 e. The van der Waals surface area contributed by atoms with Crippen molar-refractivity contribution in [3.05, 3.63) is 29.6 Å². The maximum Gasteiger partial charge on any atom is 0.310 e. The summed E-state index contributed by atoms with van der Waals surface area (Å²) in [5, 5.41) is 0. The van der Waals surface area contributed by atoms with Gasteiger partial charge in [-0.1, -0.05) is 23.7 Å². The first-order chi connectivity index (χ1) is 13.1. The first-order valence-electron chi connectivity index (χ1n) is 9.52. The Labute approximate surface area is 166 Å². The molecule has 2 fully saturated rings. The van der Waals surface area contributed by atoms with E-state index in [0.717, 1.165) is 11.1 Å². The minimum atomic E-state index is -0.401. The summed E-state index contributed by atoms with van der Waals surface area (Å²) < 4.78 is 10.6. The van der Waals surface area contributed by atoms with Gasteiger partial charge in [-0.05, 0) is 33.8 Å². The quantitative estimate of drug-likeness (QED) is 0.583. The molecule has 2 aliphatic rings. The molecule has 0 spiro atoms. The molecule has 2 unspecified atom stereocenters. The summed E-state index contributed by atoms with van der Waals surface area (Å²) in [6.07, 6.45) is 5.66. The van der Waals surface area contributed by atoms with Crippen LogP contribution in [0, 0.1) is 35.5 Å². The van der Waals surface area contributed by atoms with Crippen LogP contribution < -0.4 is 0 Å². The molecule has 3 rings (SSSR count). The number of aromatic nitrogens is 1. The Bertz CT molecular complexity index is 837. The number of cyclic esters (lactones) is 2. The lowest BCUT2D eigenvalue weighted by atomic mass is 9.95. The van der Waals surface area contributed by atoms with Gasteiger partial charge >= 0.3 is 11.9 Å². The molecular weight excluding hydrogens is 354 g/mol. The Kier molecular flexibility index (Phi) is 5.47. The number of pyridine rings is 1. The van der Waals surface area contributed by atoms with Crippen molar-refractivity contribution in [1.29, 1.82) is 0 Å². The molecule has 0 N–H and O–H groups in total. The fourth-order valence-electron chi connectivity index (χ4n) is 3.59. The maximum atomic E-state index is 11.8. The van der Waals surface area contributed by atoms with Gasteiger partial charge in [0.1, 0.15) is 11.2 Å². The fourth-order valence-corrected chi connectivity index (χ4v) is 3.59. The van der Waals surface area contributed by atoms with Crippen molar-refractivity contribution in [3.63, 3.8) is 0 Å². The SMILES string of the molecule is CC1(C)CC(CC#Cc2cncc(C#CCC3CC(C)(C)OC3=O)c2)C(=O)O1. The van der Waals surface area contributed by atoms with E-state index in [1.54, 1.807) is 12.4 Å². The lowest BCUT2D eigenvalue weighted by Gasteiger charge is -2.14. The number of esters is 2. The zero-order valence-electron chi connectivity index (χ0n) is 16.8. The van der Waals surface area contributed by atoms with Crippen LogP contribution in [0.4, 0.5) is 0 Å². The summed E-state index contributed by atoms with van der Waals surface area (Å²) in [6.45, 7) is 7.65. The molecule has 0 aromatic carbocycles. The number of hydrogen-bond donors (Lipinski definition) is 0. The highest BCUT2D eigenvalue weighted by Crippen LogP contribution is 2.32. The predicted octanol–water partition coefficient (Wildman–Crippen LogP) is 3.25. The van der Waals surface area contributed by atoms with Gasteiger partial charge in [0.15, 0.2) is 0 Å². The first kappa shape index (κ1) is 20.0. The van der Waals surface area contributed by atoms with Crippen molar-refractivity contribution in [2.45, 2.75) is 64.6 Å². The average molecular weight is 379 g/mol. The van der Waals surface area contributed by atoms with E-state index in [0.29, 0.717) is 25.7 Å². The molecule has 0 saturated carbocycles. The summed E-state index contributed by atoms with van der Waals surface area (Å²) in [5.41, 5.74) is 0.695.